The Morgan fingerprint density at radius 3 is 2.55 bits per heavy atom. The molecule has 0 aromatic heterocycles. The number of esters is 2. The summed E-state index contributed by atoms with van der Waals surface area (Å²) in [5.74, 6) is -0.483. The first-order chi connectivity index (χ1) is 15.3. The molecule has 0 aromatic carbocycles. The van der Waals surface area contributed by atoms with Crippen molar-refractivity contribution in [3.8, 4) is 0 Å². The fraction of sp³-hybridized carbons (Fsp3) is 0.846. The first-order valence-corrected chi connectivity index (χ1v) is 12.4. The lowest BCUT2D eigenvalue weighted by atomic mass is 9.60. The maximum atomic E-state index is 12.3. The summed E-state index contributed by atoms with van der Waals surface area (Å²) >= 11 is 0. The Hall–Kier alpha value is -1.44. The van der Waals surface area contributed by atoms with Gasteiger partial charge in [-0.15, -0.1) is 0 Å². The second-order valence-electron chi connectivity index (χ2n) is 11.2. The van der Waals surface area contributed by atoms with E-state index < -0.39 is 41.6 Å². The predicted octanol–water partition coefficient (Wildman–Crippen LogP) is 3.55. The summed E-state index contributed by atoms with van der Waals surface area (Å²) < 4.78 is 18.3. The van der Waals surface area contributed by atoms with E-state index >= 15 is 0 Å². The van der Waals surface area contributed by atoms with Gasteiger partial charge in [0.2, 0.25) is 0 Å². The van der Waals surface area contributed by atoms with Gasteiger partial charge in [0.25, 0.3) is 0 Å². The summed E-state index contributed by atoms with van der Waals surface area (Å²) in [5, 5.41) is 22.3. The van der Waals surface area contributed by atoms with Crippen molar-refractivity contribution in [2.75, 3.05) is 0 Å². The topological polar surface area (TPSA) is 102 Å². The number of aliphatic hydroxyl groups excluding tert-OH is 1. The van der Waals surface area contributed by atoms with Gasteiger partial charge in [-0.3, -0.25) is 9.59 Å². The average Bonchev–Trinajstić information content (AvgIpc) is 3.07. The van der Waals surface area contributed by atoms with Crippen LogP contribution < -0.4 is 0 Å². The van der Waals surface area contributed by atoms with E-state index in [0.717, 1.165) is 0 Å². The quantitative estimate of drug-likeness (QED) is 0.472. The number of ether oxygens (including phenoxy) is 3. The largest absolute Gasteiger partial charge is 0.459 e. The second kappa shape index (κ2) is 9.67. The smallest absolute Gasteiger partial charge is 0.306 e. The Morgan fingerprint density at radius 1 is 1.30 bits per heavy atom. The Balaban J connectivity index is 2.05. The molecule has 3 aliphatic rings. The van der Waals surface area contributed by atoms with Crippen molar-refractivity contribution in [1.29, 1.82) is 0 Å². The number of carbonyl (C=O) groups is 2. The van der Waals surface area contributed by atoms with E-state index in [-0.39, 0.29) is 42.5 Å². The predicted molar refractivity (Wildman–Crippen MR) is 123 cm³/mol. The van der Waals surface area contributed by atoms with Crippen molar-refractivity contribution in [3.05, 3.63) is 12.2 Å². The van der Waals surface area contributed by atoms with Gasteiger partial charge in [0.15, 0.2) is 0 Å². The molecule has 1 saturated carbocycles. The molecule has 188 valence electrons. The van der Waals surface area contributed by atoms with Crippen molar-refractivity contribution in [2.45, 2.75) is 116 Å². The van der Waals surface area contributed by atoms with Gasteiger partial charge >= 0.3 is 11.9 Å². The van der Waals surface area contributed by atoms with Crippen LogP contribution >= 0.6 is 0 Å². The highest BCUT2D eigenvalue weighted by molar-refractivity contribution is 5.69. The third kappa shape index (κ3) is 5.15. The number of hydrogen-bond acceptors (Lipinski definition) is 7. The summed E-state index contributed by atoms with van der Waals surface area (Å²) in [6.45, 7) is 15.4. The molecule has 3 rings (SSSR count). The summed E-state index contributed by atoms with van der Waals surface area (Å²) in [4.78, 5) is 24.5. The fourth-order valence-corrected chi connectivity index (χ4v) is 6.46. The Morgan fingerprint density at radius 2 is 1.97 bits per heavy atom. The zero-order valence-corrected chi connectivity index (χ0v) is 21.0. The lowest BCUT2D eigenvalue weighted by Gasteiger charge is -2.47. The molecule has 2 bridgehead atoms. The van der Waals surface area contributed by atoms with Crippen molar-refractivity contribution in [2.24, 2.45) is 23.7 Å². The standard InChI is InChI=1S/C26H42O7/c1-8-9-21(29)32-20-10-11-26(7,33-16(5)27)24-23-17(14(2)3)12-18(28)15(4)22(23)19(31-24)13-25(20,6)30/h14,17-20,22-24,28,30H,4,8-13H2,1-3,5-7H3/t17-,18+,19-,20-,22-,23-,24-,25+,26-/m1/s1. The molecule has 3 fully saturated rings. The van der Waals surface area contributed by atoms with Gasteiger partial charge in [0, 0.05) is 31.6 Å². The molecule has 0 spiro atoms. The minimum atomic E-state index is -1.34. The molecule has 7 nitrogen and oxygen atoms in total. The van der Waals surface area contributed by atoms with Crippen LogP contribution in [0.1, 0.15) is 80.1 Å². The van der Waals surface area contributed by atoms with E-state index in [1.54, 1.807) is 6.92 Å². The zero-order chi connectivity index (χ0) is 24.7. The maximum absolute atomic E-state index is 12.3. The van der Waals surface area contributed by atoms with Gasteiger partial charge < -0.3 is 24.4 Å². The molecule has 0 aromatic rings. The van der Waals surface area contributed by atoms with Crippen LogP contribution in [0.5, 0.6) is 0 Å². The molecule has 2 aliphatic heterocycles. The van der Waals surface area contributed by atoms with E-state index in [2.05, 4.69) is 20.4 Å². The van der Waals surface area contributed by atoms with Gasteiger partial charge in [-0.25, -0.2) is 0 Å². The number of fused-ring (bicyclic) bond motifs is 5. The monoisotopic (exact) mass is 466 g/mol. The van der Waals surface area contributed by atoms with Crippen molar-refractivity contribution in [1.82, 2.24) is 0 Å². The van der Waals surface area contributed by atoms with Crippen molar-refractivity contribution < 1.29 is 34.0 Å². The molecule has 7 heteroatoms. The van der Waals surface area contributed by atoms with Crippen LogP contribution in [0.4, 0.5) is 0 Å². The zero-order valence-electron chi connectivity index (χ0n) is 21.0. The van der Waals surface area contributed by atoms with E-state index in [1.807, 2.05) is 13.8 Å². The molecule has 1 aliphatic carbocycles. The Bertz CT molecular complexity index is 760. The molecular weight excluding hydrogens is 424 g/mol. The highest BCUT2D eigenvalue weighted by Crippen LogP contribution is 2.56. The third-order valence-electron chi connectivity index (χ3n) is 8.11. The van der Waals surface area contributed by atoms with E-state index in [9.17, 15) is 19.8 Å². The lowest BCUT2D eigenvalue weighted by molar-refractivity contribution is -0.180. The molecule has 0 amide bonds. The molecular formula is C26H42O7. The van der Waals surface area contributed by atoms with Crippen LogP contribution in [0.25, 0.3) is 0 Å². The summed E-state index contributed by atoms with van der Waals surface area (Å²) in [7, 11) is 0. The number of carbonyl (C=O) groups excluding carboxylic acids is 2. The molecule has 0 unspecified atom stereocenters. The Labute approximate surface area is 197 Å². The van der Waals surface area contributed by atoms with Crippen LogP contribution in [-0.2, 0) is 23.8 Å². The first kappa shape index (κ1) is 26.2. The molecule has 2 N–H and O–H groups in total. The number of rotatable bonds is 5. The minimum absolute atomic E-state index is 0.00485. The van der Waals surface area contributed by atoms with E-state index in [1.165, 1.54) is 6.92 Å². The van der Waals surface area contributed by atoms with Crippen LogP contribution in [-0.4, -0.2) is 57.8 Å². The van der Waals surface area contributed by atoms with Gasteiger partial charge in [0.05, 0.1) is 12.2 Å². The van der Waals surface area contributed by atoms with Gasteiger partial charge in [0.1, 0.15) is 23.4 Å². The first-order valence-electron chi connectivity index (χ1n) is 12.4. The summed E-state index contributed by atoms with van der Waals surface area (Å²) in [5.41, 5.74) is -1.59. The highest BCUT2D eigenvalue weighted by atomic mass is 16.6. The second-order valence-corrected chi connectivity index (χ2v) is 11.2. The minimum Gasteiger partial charge on any atom is -0.459 e. The van der Waals surface area contributed by atoms with Gasteiger partial charge in [-0.1, -0.05) is 27.4 Å². The summed E-state index contributed by atoms with van der Waals surface area (Å²) in [6, 6.07) is 0. The van der Waals surface area contributed by atoms with Crippen LogP contribution in [0.2, 0.25) is 0 Å². The molecule has 2 heterocycles. The average molecular weight is 467 g/mol. The van der Waals surface area contributed by atoms with Gasteiger partial charge in [-0.2, -0.15) is 0 Å². The fourth-order valence-electron chi connectivity index (χ4n) is 6.46. The third-order valence-corrected chi connectivity index (χ3v) is 8.11. The summed E-state index contributed by atoms with van der Waals surface area (Å²) in [6.07, 6.45) is 0.262. The van der Waals surface area contributed by atoms with Crippen LogP contribution in [0.15, 0.2) is 12.2 Å². The molecule has 33 heavy (non-hydrogen) atoms. The van der Waals surface area contributed by atoms with E-state index in [4.69, 9.17) is 14.2 Å². The van der Waals surface area contributed by atoms with Crippen LogP contribution in [0.3, 0.4) is 0 Å². The van der Waals surface area contributed by atoms with Crippen LogP contribution in [0, 0.1) is 23.7 Å². The highest BCUT2D eigenvalue weighted by Gasteiger charge is 2.61. The van der Waals surface area contributed by atoms with Crippen molar-refractivity contribution >= 4 is 11.9 Å². The van der Waals surface area contributed by atoms with Crippen molar-refractivity contribution in [3.63, 3.8) is 0 Å². The lowest BCUT2D eigenvalue weighted by Crippen LogP contribution is -2.53. The normalized spacial score (nSPS) is 43.3. The maximum Gasteiger partial charge on any atom is 0.306 e. The Kier molecular flexibility index (Phi) is 7.67. The van der Waals surface area contributed by atoms with E-state index in [0.29, 0.717) is 31.3 Å². The SMILES string of the molecule is C=C1[C@H]2[C@@H]([C@@H](C(C)C)C[C@@H]1O)[C@H]1O[C@@H]2C[C@](C)(O)[C@H](OC(=O)CCC)CC[C@@]1(C)OC(C)=O. The van der Waals surface area contributed by atoms with Gasteiger partial charge in [-0.05, 0) is 56.9 Å². The molecule has 9 atom stereocenters. The molecule has 2 saturated heterocycles. The number of hydrogen-bond donors (Lipinski definition) is 2. The molecule has 0 radical (unpaired) electrons. The number of aliphatic hydroxyl groups is 2.